The van der Waals surface area contributed by atoms with E-state index < -0.39 is 0 Å². The lowest BCUT2D eigenvalue weighted by Crippen LogP contribution is -2.40. The molecule has 0 amide bonds. The van der Waals surface area contributed by atoms with Crippen LogP contribution in [0.4, 0.5) is 0 Å². The lowest BCUT2D eigenvalue weighted by Gasteiger charge is -2.33. The number of nitrogens with one attached hydrogen (secondary N) is 1. The molecule has 1 fully saturated rings. The highest BCUT2D eigenvalue weighted by atomic mass is 127. The minimum Gasteiger partial charge on any atom is -0.378 e. The summed E-state index contributed by atoms with van der Waals surface area (Å²) in [5.74, 6) is 1.63. The summed E-state index contributed by atoms with van der Waals surface area (Å²) in [6.07, 6.45) is 3.72. The lowest BCUT2D eigenvalue weighted by atomic mass is 9.87. The van der Waals surface area contributed by atoms with Crippen LogP contribution in [0.25, 0.3) is 0 Å². The Balaban J connectivity index is 0.00000324. The molecule has 0 aromatic rings. The molecule has 1 saturated heterocycles. The molecule has 0 spiro atoms. The van der Waals surface area contributed by atoms with Crippen LogP contribution in [0.1, 0.15) is 47.0 Å². The van der Waals surface area contributed by atoms with Crippen LogP contribution in [0.5, 0.6) is 0 Å². The number of aliphatic imine (C=N–C) groups is 1. The van der Waals surface area contributed by atoms with E-state index in [-0.39, 0.29) is 24.0 Å². The average molecular weight is 383 g/mol. The molecule has 0 aliphatic carbocycles. The third kappa shape index (κ3) is 6.79. The van der Waals surface area contributed by atoms with E-state index in [9.17, 15) is 0 Å². The van der Waals surface area contributed by atoms with Crippen LogP contribution in [0.3, 0.4) is 0 Å². The van der Waals surface area contributed by atoms with Gasteiger partial charge in [0.05, 0.1) is 6.10 Å². The Morgan fingerprint density at radius 1 is 1.42 bits per heavy atom. The number of rotatable bonds is 5. The average Bonchev–Trinajstić information content (AvgIpc) is 2.36. The summed E-state index contributed by atoms with van der Waals surface area (Å²) >= 11 is 0. The van der Waals surface area contributed by atoms with Gasteiger partial charge in [0.25, 0.3) is 0 Å². The monoisotopic (exact) mass is 383 g/mol. The van der Waals surface area contributed by atoms with E-state index in [0.29, 0.717) is 29.9 Å². The molecule has 0 aromatic carbocycles. The Labute approximate surface area is 135 Å². The zero-order chi connectivity index (χ0) is 13.5. The quantitative estimate of drug-likeness (QED) is 0.436. The van der Waals surface area contributed by atoms with Crippen LogP contribution in [0, 0.1) is 11.8 Å². The number of ether oxygens (including phenoxy) is 1. The minimum absolute atomic E-state index is 0. The highest BCUT2D eigenvalue weighted by Gasteiger charge is 2.28. The van der Waals surface area contributed by atoms with Gasteiger partial charge in [0.15, 0.2) is 5.96 Å². The molecule has 0 radical (unpaired) electrons. The van der Waals surface area contributed by atoms with Crippen molar-refractivity contribution in [3.63, 3.8) is 0 Å². The molecule has 3 unspecified atom stereocenters. The van der Waals surface area contributed by atoms with Crippen molar-refractivity contribution in [2.24, 2.45) is 22.6 Å². The van der Waals surface area contributed by atoms with E-state index in [1.54, 1.807) is 0 Å². The molecule has 1 rings (SSSR count). The minimum atomic E-state index is 0. The number of halogens is 1. The molecular formula is C14H30IN3O. The summed E-state index contributed by atoms with van der Waals surface area (Å²) in [6.45, 7) is 10.3. The SMILES string of the molecule is CCC(C)NC(N)=NCC1CCCOC1C(C)C.I. The Morgan fingerprint density at radius 3 is 2.68 bits per heavy atom. The van der Waals surface area contributed by atoms with Gasteiger partial charge in [-0.25, -0.2) is 0 Å². The predicted molar refractivity (Wildman–Crippen MR) is 92.1 cm³/mol. The Kier molecular flexibility index (Phi) is 9.78. The van der Waals surface area contributed by atoms with E-state index in [1.165, 1.54) is 6.42 Å². The first-order valence-corrected chi connectivity index (χ1v) is 7.22. The number of nitrogens with two attached hydrogens (primary N) is 1. The topological polar surface area (TPSA) is 59.6 Å². The van der Waals surface area contributed by atoms with Crippen molar-refractivity contribution in [3.8, 4) is 0 Å². The van der Waals surface area contributed by atoms with Gasteiger partial charge in [-0.05, 0) is 32.1 Å². The fourth-order valence-electron chi connectivity index (χ4n) is 2.41. The van der Waals surface area contributed by atoms with Gasteiger partial charge < -0.3 is 15.8 Å². The number of hydrogen-bond donors (Lipinski definition) is 2. The molecule has 0 aromatic heterocycles. The molecule has 1 aliphatic rings. The summed E-state index contributed by atoms with van der Waals surface area (Å²) in [4.78, 5) is 4.47. The second-order valence-corrected chi connectivity index (χ2v) is 5.66. The van der Waals surface area contributed by atoms with Gasteiger partial charge in [0.2, 0.25) is 0 Å². The largest absolute Gasteiger partial charge is 0.378 e. The van der Waals surface area contributed by atoms with Gasteiger partial charge in [-0.3, -0.25) is 4.99 Å². The van der Waals surface area contributed by atoms with Gasteiger partial charge in [-0.1, -0.05) is 20.8 Å². The normalized spacial score (nSPS) is 25.8. The molecule has 4 nitrogen and oxygen atoms in total. The van der Waals surface area contributed by atoms with Crippen LogP contribution >= 0.6 is 24.0 Å². The van der Waals surface area contributed by atoms with E-state index in [0.717, 1.165) is 26.0 Å². The lowest BCUT2D eigenvalue weighted by molar-refractivity contribution is -0.0491. The second-order valence-electron chi connectivity index (χ2n) is 5.66. The molecule has 114 valence electrons. The summed E-state index contributed by atoms with van der Waals surface area (Å²) in [7, 11) is 0. The van der Waals surface area contributed by atoms with E-state index >= 15 is 0 Å². The molecule has 5 heteroatoms. The van der Waals surface area contributed by atoms with Gasteiger partial charge in [0.1, 0.15) is 0 Å². The van der Waals surface area contributed by atoms with Crippen LogP contribution in [-0.4, -0.2) is 31.3 Å². The maximum atomic E-state index is 5.89. The highest BCUT2D eigenvalue weighted by molar-refractivity contribution is 14.0. The smallest absolute Gasteiger partial charge is 0.188 e. The summed E-state index contributed by atoms with van der Waals surface area (Å²) in [5, 5.41) is 3.20. The first-order chi connectivity index (χ1) is 8.54. The number of nitrogens with zero attached hydrogens (tertiary/aromatic N) is 1. The highest BCUT2D eigenvalue weighted by Crippen LogP contribution is 2.26. The number of hydrogen-bond acceptors (Lipinski definition) is 2. The first-order valence-electron chi connectivity index (χ1n) is 7.22. The second kappa shape index (κ2) is 9.80. The standard InChI is InChI=1S/C14H29N3O.HI/c1-5-11(4)17-14(15)16-9-12-7-6-8-18-13(12)10(2)3;/h10-13H,5-9H2,1-4H3,(H3,15,16,17);1H. The number of guanidine groups is 1. The van der Waals surface area contributed by atoms with Crippen molar-refractivity contribution in [1.29, 1.82) is 0 Å². The van der Waals surface area contributed by atoms with Crippen molar-refractivity contribution < 1.29 is 4.74 Å². The first kappa shape index (κ1) is 19.0. The Morgan fingerprint density at radius 2 is 2.11 bits per heavy atom. The fourth-order valence-corrected chi connectivity index (χ4v) is 2.41. The molecule has 3 N–H and O–H groups in total. The van der Waals surface area contributed by atoms with Crippen molar-refractivity contribution in [2.75, 3.05) is 13.2 Å². The maximum absolute atomic E-state index is 5.89. The Hall–Kier alpha value is -0.0400. The van der Waals surface area contributed by atoms with Gasteiger partial charge in [-0.2, -0.15) is 0 Å². The Bertz CT molecular complexity index is 271. The fraction of sp³-hybridized carbons (Fsp3) is 0.929. The van der Waals surface area contributed by atoms with Gasteiger partial charge in [0, 0.05) is 25.1 Å². The predicted octanol–water partition coefficient (Wildman–Crippen LogP) is 2.76. The summed E-state index contributed by atoms with van der Waals surface area (Å²) < 4.78 is 5.86. The maximum Gasteiger partial charge on any atom is 0.188 e. The summed E-state index contributed by atoms with van der Waals surface area (Å²) in [6, 6.07) is 0.386. The van der Waals surface area contributed by atoms with E-state index in [4.69, 9.17) is 10.5 Å². The third-order valence-electron chi connectivity index (χ3n) is 3.65. The van der Waals surface area contributed by atoms with Crippen molar-refractivity contribution >= 4 is 29.9 Å². The molecule has 1 heterocycles. The van der Waals surface area contributed by atoms with Crippen LogP contribution in [-0.2, 0) is 4.74 Å². The molecule has 0 bridgehead atoms. The van der Waals surface area contributed by atoms with Crippen LogP contribution in [0.15, 0.2) is 4.99 Å². The van der Waals surface area contributed by atoms with Gasteiger partial charge in [-0.15, -0.1) is 24.0 Å². The van der Waals surface area contributed by atoms with Crippen molar-refractivity contribution in [2.45, 2.75) is 59.1 Å². The molecule has 1 aliphatic heterocycles. The molecule has 3 atom stereocenters. The molecule has 19 heavy (non-hydrogen) atoms. The van der Waals surface area contributed by atoms with Crippen LogP contribution in [0.2, 0.25) is 0 Å². The van der Waals surface area contributed by atoms with Crippen LogP contribution < -0.4 is 11.1 Å². The molecular weight excluding hydrogens is 353 g/mol. The van der Waals surface area contributed by atoms with Gasteiger partial charge >= 0.3 is 0 Å². The molecule has 0 saturated carbocycles. The third-order valence-corrected chi connectivity index (χ3v) is 3.65. The zero-order valence-corrected chi connectivity index (χ0v) is 15.0. The zero-order valence-electron chi connectivity index (χ0n) is 12.7. The summed E-state index contributed by atoms with van der Waals surface area (Å²) in [5.41, 5.74) is 5.89. The van der Waals surface area contributed by atoms with Crippen molar-refractivity contribution in [1.82, 2.24) is 5.32 Å². The van der Waals surface area contributed by atoms with E-state index in [1.807, 2.05) is 0 Å². The van der Waals surface area contributed by atoms with E-state index in [2.05, 4.69) is 38.0 Å². The van der Waals surface area contributed by atoms with Crippen molar-refractivity contribution in [3.05, 3.63) is 0 Å².